The summed E-state index contributed by atoms with van der Waals surface area (Å²) >= 11 is 0. The minimum Gasteiger partial charge on any atom is -0.311 e. The predicted octanol–water partition coefficient (Wildman–Crippen LogP) is 2.16. The van der Waals surface area contributed by atoms with E-state index in [4.69, 9.17) is 0 Å². The minimum absolute atomic E-state index is 0.621. The van der Waals surface area contributed by atoms with Gasteiger partial charge in [-0.05, 0) is 19.0 Å². The molecule has 0 amide bonds. The van der Waals surface area contributed by atoms with Gasteiger partial charge in [0.15, 0.2) is 0 Å². The lowest BCUT2D eigenvalue weighted by atomic mass is 10.0. The highest BCUT2D eigenvalue weighted by molar-refractivity contribution is 5.16. The van der Waals surface area contributed by atoms with Gasteiger partial charge in [0.05, 0.1) is 0 Å². The minimum atomic E-state index is 0.621. The van der Waals surface area contributed by atoms with E-state index in [9.17, 15) is 0 Å². The summed E-state index contributed by atoms with van der Waals surface area (Å²) in [5, 5.41) is 3.56. The molecule has 1 aromatic carbocycles. The molecule has 2 rings (SSSR count). The smallest absolute Gasteiger partial charge is 0.0235 e. The van der Waals surface area contributed by atoms with Crippen LogP contribution in [0.25, 0.3) is 0 Å². The molecule has 0 aliphatic carbocycles. The third-order valence-corrected chi connectivity index (χ3v) is 2.78. The molecule has 90 valence electrons. The van der Waals surface area contributed by atoms with Crippen molar-refractivity contribution in [3.8, 4) is 0 Å². The molecule has 0 radical (unpaired) electrons. The van der Waals surface area contributed by atoms with E-state index in [1.54, 1.807) is 0 Å². The monoisotopic (exact) mass is 220 g/mol. The predicted molar refractivity (Wildman–Crippen MR) is 70.8 cm³/mol. The Labute approximate surface area is 99.7 Å². The van der Waals surface area contributed by atoms with E-state index in [0.717, 1.165) is 19.5 Å². The Bertz CT molecular complexity index is 271. The van der Waals surface area contributed by atoms with E-state index in [0.29, 0.717) is 6.04 Å². The SMILES string of the molecule is CC.CN1CCNC(Cc2ccccc2)C1. The Hall–Kier alpha value is -0.860. The Morgan fingerprint density at radius 2 is 1.94 bits per heavy atom. The van der Waals surface area contributed by atoms with Gasteiger partial charge in [0.25, 0.3) is 0 Å². The number of rotatable bonds is 2. The van der Waals surface area contributed by atoms with Crippen LogP contribution in [-0.2, 0) is 6.42 Å². The summed E-state index contributed by atoms with van der Waals surface area (Å²) < 4.78 is 0. The van der Waals surface area contributed by atoms with Gasteiger partial charge in [0.1, 0.15) is 0 Å². The normalized spacial score (nSPS) is 21.1. The molecule has 2 heteroatoms. The largest absolute Gasteiger partial charge is 0.311 e. The Balaban J connectivity index is 0.000000606. The lowest BCUT2D eigenvalue weighted by Crippen LogP contribution is -2.49. The number of hydrogen-bond acceptors (Lipinski definition) is 2. The summed E-state index contributed by atoms with van der Waals surface area (Å²) in [5.41, 5.74) is 1.43. The van der Waals surface area contributed by atoms with Crippen molar-refractivity contribution in [2.75, 3.05) is 26.7 Å². The lowest BCUT2D eigenvalue weighted by molar-refractivity contribution is 0.238. The summed E-state index contributed by atoms with van der Waals surface area (Å²) in [7, 11) is 2.19. The van der Waals surface area contributed by atoms with Gasteiger partial charge >= 0.3 is 0 Å². The fraction of sp³-hybridized carbons (Fsp3) is 0.571. The van der Waals surface area contributed by atoms with Crippen LogP contribution in [0.2, 0.25) is 0 Å². The molecule has 1 saturated heterocycles. The maximum Gasteiger partial charge on any atom is 0.0235 e. The topological polar surface area (TPSA) is 15.3 Å². The molecule has 1 aliphatic rings. The van der Waals surface area contributed by atoms with Crippen LogP contribution >= 0.6 is 0 Å². The molecule has 2 nitrogen and oxygen atoms in total. The second-order valence-corrected chi connectivity index (χ2v) is 4.10. The molecule has 1 aromatic rings. The van der Waals surface area contributed by atoms with Gasteiger partial charge < -0.3 is 10.2 Å². The highest BCUT2D eigenvalue weighted by atomic mass is 15.2. The van der Waals surface area contributed by atoms with Gasteiger partial charge in [0, 0.05) is 25.7 Å². The first-order chi connectivity index (χ1) is 7.84. The van der Waals surface area contributed by atoms with Crippen molar-refractivity contribution >= 4 is 0 Å². The van der Waals surface area contributed by atoms with Gasteiger partial charge in [-0.1, -0.05) is 44.2 Å². The molecule has 1 N–H and O–H groups in total. The van der Waals surface area contributed by atoms with Crippen molar-refractivity contribution in [2.24, 2.45) is 0 Å². The standard InChI is InChI=1S/C12H18N2.C2H6/c1-14-8-7-13-12(10-14)9-11-5-3-2-4-6-11;1-2/h2-6,12-13H,7-10H2,1H3;1-2H3. The van der Waals surface area contributed by atoms with Crippen molar-refractivity contribution in [1.82, 2.24) is 10.2 Å². The van der Waals surface area contributed by atoms with E-state index in [1.165, 1.54) is 12.1 Å². The first-order valence-corrected chi connectivity index (χ1v) is 6.30. The molecule has 0 saturated carbocycles. The van der Waals surface area contributed by atoms with Crippen molar-refractivity contribution in [1.29, 1.82) is 0 Å². The summed E-state index contributed by atoms with van der Waals surface area (Å²) in [4.78, 5) is 2.39. The molecule has 1 unspecified atom stereocenters. The van der Waals surface area contributed by atoms with Crippen LogP contribution in [0.15, 0.2) is 30.3 Å². The molecule has 1 heterocycles. The molecule has 0 bridgehead atoms. The molecule has 0 aromatic heterocycles. The van der Waals surface area contributed by atoms with Crippen molar-refractivity contribution in [3.63, 3.8) is 0 Å². The second-order valence-electron chi connectivity index (χ2n) is 4.10. The maximum atomic E-state index is 3.56. The summed E-state index contributed by atoms with van der Waals surface area (Å²) in [6.45, 7) is 7.45. The van der Waals surface area contributed by atoms with Crippen molar-refractivity contribution in [3.05, 3.63) is 35.9 Å². The quantitative estimate of drug-likeness (QED) is 0.821. The fourth-order valence-corrected chi connectivity index (χ4v) is 2.03. The average molecular weight is 220 g/mol. The third-order valence-electron chi connectivity index (χ3n) is 2.78. The number of piperazine rings is 1. The zero-order valence-corrected chi connectivity index (χ0v) is 10.7. The number of nitrogens with zero attached hydrogens (tertiary/aromatic N) is 1. The number of hydrogen-bond donors (Lipinski definition) is 1. The highest BCUT2D eigenvalue weighted by Gasteiger charge is 2.15. The highest BCUT2D eigenvalue weighted by Crippen LogP contribution is 2.06. The van der Waals surface area contributed by atoms with Crippen LogP contribution in [0.3, 0.4) is 0 Å². The molecule has 1 aliphatic heterocycles. The van der Waals surface area contributed by atoms with Gasteiger partial charge in [-0.15, -0.1) is 0 Å². The first-order valence-electron chi connectivity index (χ1n) is 6.30. The van der Waals surface area contributed by atoms with Crippen LogP contribution < -0.4 is 5.32 Å². The summed E-state index contributed by atoms with van der Waals surface area (Å²) in [6, 6.07) is 11.3. The maximum absolute atomic E-state index is 3.56. The van der Waals surface area contributed by atoms with Crippen LogP contribution in [0, 0.1) is 0 Å². The first kappa shape index (κ1) is 13.2. The Kier molecular flexibility index (Phi) is 6.12. The molecular formula is C14H24N2. The molecule has 1 fully saturated rings. The van der Waals surface area contributed by atoms with Gasteiger partial charge in [-0.2, -0.15) is 0 Å². The lowest BCUT2D eigenvalue weighted by Gasteiger charge is -2.30. The molecular weight excluding hydrogens is 196 g/mol. The van der Waals surface area contributed by atoms with Crippen LogP contribution in [0.4, 0.5) is 0 Å². The number of benzene rings is 1. The van der Waals surface area contributed by atoms with Crippen molar-refractivity contribution < 1.29 is 0 Å². The van der Waals surface area contributed by atoms with Crippen molar-refractivity contribution in [2.45, 2.75) is 26.3 Å². The van der Waals surface area contributed by atoms with Crippen LogP contribution in [-0.4, -0.2) is 37.6 Å². The van der Waals surface area contributed by atoms with Crippen LogP contribution in [0.5, 0.6) is 0 Å². The Morgan fingerprint density at radius 1 is 1.25 bits per heavy atom. The third kappa shape index (κ3) is 4.33. The average Bonchev–Trinajstić information content (AvgIpc) is 2.33. The molecule has 16 heavy (non-hydrogen) atoms. The fourth-order valence-electron chi connectivity index (χ4n) is 2.03. The van der Waals surface area contributed by atoms with Crippen LogP contribution in [0.1, 0.15) is 19.4 Å². The van der Waals surface area contributed by atoms with E-state index in [2.05, 4.69) is 47.6 Å². The summed E-state index contributed by atoms with van der Waals surface area (Å²) in [6.07, 6.45) is 1.14. The van der Waals surface area contributed by atoms with Gasteiger partial charge in [-0.3, -0.25) is 0 Å². The molecule has 1 atom stereocenters. The van der Waals surface area contributed by atoms with E-state index >= 15 is 0 Å². The number of likely N-dealkylation sites (N-methyl/N-ethyl adjacent to an activating group) is 1. The van der Waals surface area contributed by atoms with E-state index < -0.39 is 0 Å². The zero-order valence-electron chi connectivity index (χ0n) is 10.7. The van der Waals surface area contributed by atoms with E-state index in [1.807, 2.05) is 13.8 Å². The van der Waals surface area contributed by atoms with Gasteiger partial charge in [-0.25, -0.2) is 0 Å². The zero-order chi connectivity index (χ0) is 11.8. The van der Waals surface area contributed by atoms with Gasteiger partial charge in [0.2, 0.25) is 0 Å². The van der Waals surface area contributed by atoms with E-state index in [-0.39, 0.29) is 0 Å². The number of nitrogens with one attached hydrogen (secondary N) is 1. The second kappa shape index (κ2) is 7.42. The summed E-state index contributed by atoms with van der Waals surface area (Å²) in [5.74, 6) is 0. The molecule has 0 spiro atoms. The Morgan fingerprint density at radius 3 is 2.56 bits per heavy atom.